The molecule has 0 aromatic carbocycles. The summed E-state index contributed by atoms with van der Waals surface area (Å²) in [5.41, 5.74) is 0. The largest absolute Gasteiger partial charge is 0.375 e. The van der Waals surface area contributed by atoms with Crippen LogP contribution in [0.25, 0.3) is 0 Å². The lowest BCUT2D eigenvalue weighted by molar-refractivity contribution is -0.141. The molecule has 1 amide bonds. The van der Waals surface area contributed by atoms with Crippen LogP contribution < -0.4 is 0 Å². The van der Waals surface area contributed by atoms with Crippen molar-refractivity contribution in [3.8, 4) is 0 Å². The Kier molecular flexibility index (Phi) is 3.19. The van der Waals surface area contributed by atoms with Crippen LogP contribution in [0.3, 0.4) is 0 Å². The van der Waals surface area contributed by atoms with Gasteiger partial charge in [-0.2, -0.15) is 5.10 Å². The minimum Gasteiger partial charge on any atom is -0.375 e. The summed E-state index contributed by atoms with van der Waals surface area (Å²) < 4.78 is 6.97. The predicted octanol–water partition coefficient (Wildman–Crippen LogP) is 0.0864. The Balaban J connectivity index is 2.01. The van der Waals surface area contributed by atoms with Crippen molar-refractivity contribution in [2.45, 2.75) is 26.0 Å². The van der Waals surface area contributed by atoms with E-state index in [9.17, 15) is 4.79 Å². The average molecular weight is 224 g/mol. The van der Waals surface area contributed by atoms with Crippen LogP contribution >= 0.6 is 0 Å². The highest BCUT2D eigenvalue weighted by Crippen LogP contribution is 2.12. The van der Waals surface area contributed by atoms with Gasteiger partial charge in [0.05, 0.1) is 12.7 Å². The van der Waals surface area contributed by atoms with Gasteiger partial charge in [-0.3, -0.25) is 4.79 Å². The van der Waals surface area contributed by atoms with E-state index >= 15 is 0 Å². The van der Waals surface area contributed by atoms with Gasteiger partial charge in [0.25, 0.3) is 0 Å². The molecule has 2 heterocycles. The van der Waals surface area contributed by atoms with Crippen molar-refractivity contribution in [1.82, 2.24) is 19.7 Å². The average Bonchev–Trinajstić information content (AvgIpc) is 2.80. The van der Waals surface area contributed by atoms with E-state index < -0.39 is 0 Å². The van der Waals surface area contributed by atoms with E-state index in [2.05, 4.69) is 10.1 Å². The van der Waals surface area contributed by atoms with Crippen LogP contribution in [0.15, 0.2) is 12.7 Å². The lowest BCUT2D eigenvalue weighted by Crippen LogP contribution is -2.46. The number of rotatable bonds is 2. The molecule has 1 aromatic heterocycles. The van der Waals surface area contributed by atoms with Crippen LogP contribution in [0.5, 0.6) is 0 Å². The summed E-state index contributed by atoms with van der Waals surface area (Å²) in [4.78, 5) is 17.8. The zero-order chi connectivity index (χ0) is 11.5. The Hall–Kier alpha value is -1.43. The second kappa shape index (κ2) is 4.61. The fraction of sp³-hybridized carbons (Fsp3) is 0.700. The van der Waals surface area contributed by atoms with E-state index in [1.807, 2.05) is 18.7 Å². The molecule has 16 heavy (non-hydrogen) atoms. The molecule has 6 heteroatoms. The lowest BCUT2D eigenvalue weighted by atomic mass is 10.2. The van der Waals surface area contributed by atoms with Gasteiger partial charge in [-0.1, -0.05) is 0 Å². The number of carbonyl (C=O) groups is 1. The first kappa shape index (κ1) is 11.1. The third kappa shape index (κ3) is 2.21. The minimum absolute atomic E-state index is 0.0700. The van der Waals surface area contributed by atoms with Crippen LogP contribution in [0.4, 0.5) is 0 Å². The second-order valence-electron chi connectivity index (χ2n) is 4.02. The molecule has 0 spiro atoms. The van der Waals surface area contributed by atoms with E-state index in [1.54, 1.807) is 11.0 Å². The maximum absolute atomic E-state index is 12.1. The third-order valence-corrected chi connectivity index (χ3v) is 2.74. The van der Waals surface area contributed by atoms with Crippen LogP contribution in [-0.2, 0) is 9.53 Å². The van der Waals surface area contributed by atoms with Crippen molar-refractivity contribution < 1.29 is 9.53 Å². The van der Waals surface area contributed by atoms with E-state index in [4.69, 9.17) is 4.74 Å². The Morgan fingerprint density at radius 1 is 1.62 bits per heavy atom. The predicted molar refractivity (Wildman–Crippen MR) is 56.7 cm³/mol. The van der Waals surface area contributed by atoms with Crippen LogP contribution in [-0.4, -0.2) is 51.4 Å². The number of amides is 1. The zero-order valence-electron chi connectivity index (χ0n) is 9.54. The van der Waals surface area contributed by atoms with Crippen molar-refractivity contribution in [3.63, 3.8) is 0 Å². The molecule has 0 unspecified atom stereocenters. The molecule has 0 N–H and O–H groups in total. The van der Waals surface area contributed by atoms with Gasteiger partial charge in [-0.25, -0.2) is 9.67 Å². The summed E-state index contributed by atoms with van der Waals surface area (Å²) >= 11 is 0. The molecule has 1 aliphatic heterocycles. The van der Waals surface area contributed by atoms with Gasteiger partial charge in [-0.15, -0.1) is 0 Å². The lowest BCUT2D eigenvalue weighted by Gasteiger charge is -2.32. The van der Waals surface area contributed by atoms with Gasteiger partial charge < -0.3 is 9.64 Å². The first-order valence-electron chi connectivity index (χ1n) is 5.43. The number of nitrogens with zero attached hydrogens (tertiary/aromatic N) is 4. The van der Waals surface area contributed by atoms with Crippen molar-refractivity contribution >= 4 is 5.91 Å². The topological polar surface area (TPSA) is 60.2 Å². The number of ether oxygens (including phenoxy) is 1. The van der Waals surface area contributed by atoms with Crippen LogP contribution in [0, 0.1) is 0 Å². The molecule has 2 atom stereocenters. The van der Waals surface area contributed by atoms with Crippen molar-refractivity contribution in [1.29, 1.82) is 0 Å². The smallest absolute Gasteiger partial charge is 0.247 e. The first-order valence-corrected chi connectivity index (χ1v) is 5.43. The number of hydrogen-bond donors (Lipinski definition) is 0. The number of morpholine rings is 1. The molecule has 6 nitrogen and oxygen atoms in total. The highest BCUT2D eigenvalue weighted by Gasteiger charge is 2.26. The third-order valence-electron chi connectivity index (χ3n) is 2.74. The molecule has 2 rings (SSSR count). The fourth-order valence-electron chi connectivity index (χ4n) is 1.81. The normalized spacial score (nSPS) is 23.1. The van der Waals surface area contributed by atoms with E-state index in [1.165, 1.54) is 6.33 Å². The summed E-state index contributed by atoms with van der Waals surface area (Å²) in [7, 11) is 0. The Morgan fingerprint density at radius 3 is 3.06 bits per heavy atom. The quantitative estimate of drug-likeness (QED) is 0.714. The molecule has 1 aliphatic rings. The summed E-state index contributed by atoms with van der Waals surface area (Å²) in [6, 6.07) is -0.298. The molecule has 88 valence electrons. The molecule has 0 bridgehead atoms. The van der Waals surface area contributed by atoms with Gasteiger partial charge in [0.1, 0.15) is 18.7 Å². The Bertz CT molecular complexity index is 352. The van der Waals surface area contributed by atoms with Crippen molar-refractivity contribution in [2.24, 2.45) is 0 Å². The molecular formula is C10H16N4O2. The summed E-state index contributed by atoms with van der Waals surface area (Å²) in [5.74, 6) is 0.0700. The monoisotopic (exact) mass is 224 g/mol. The Labute approximate surface area is 94.2 Å². The standard InChI is InChI=1S/C10H16N4O2/c1-8-5-13(3-4-16-8)10(15)9(2)14-7-11-6-12-14/h6-9H,3-5H2,1-2H3/t8-,9-/m0/s1. The second-order valence-corrected chi connectivity index (χ2v) is 4.02. The van der Waals surface area contributed by atoms with Crippen molar-refractivity contribution in [2.75, 3.05) is 19.7 Å². The zero-order valence-corrected chi connectivity index (χ0v) is 9.54. The van der Waals surface area contributed by atoms with Crippen LogP contribution in [0.2, 0.25) is 0 Å². The SMILES string of the molecule is C[C@H]1CN(C(=O)[C@H](C)n2cncn2)CCO1. The van der Waals surface area contributed by atoms with Gasteiger partial charge >= 0.3 is 0 Å². The molecule has 0 radical (unpaired) electrons. The van der Waals surface area contributed by atoms with Crippen molar-refractivity contribution in [3.05, 3.63) is 12.7 Å². The first-order chi connectivity index (χ1) is 7.68. The summed E-state index contributed by atoms with van der Waals surface area (Å²) in [6.07, 6.45) is 3.11. The van der Waals surface area contributed by atoms with Gasteiger partial charge in [0.15, 0.2) is 0 Å². The minimum atomic E-state index is -0.298. The maximum Gasteiger partial charge on any atom is 0.247 e. The molecule has 0 aliphatic carbocycles. The van der Waals surface area contributed by atoms with Crippen LogP contribution in [0.1, 0.15) is 19.9 Å². The van der Waals surface area contributed by atoms with E-state index in [-0.39, 0.29) is 18.1 Å². The summed E-state index contributed by atoms with van der Waals surface area (Å²) in [5, 5.41) is 3.98. The highest BCUT2D eigenvalue weighted by molar-refractivity contribution is 5.80. The van der Waals surface area contributed by atoms with Gasteiger partial charge in [0, 0.05) is 13.1 Å². The molecule has 1 fully saturated rings. The molecular weight excluding hydrogens is 208 g/mol. The number of carbonyl (C=O) groups excluding carboxylic acids is 1. The van der Waals surface area contributed by atoms with Gasteiger partial charge in [-0.05, 0) is 13.8 Å². The Morgan fingerprint density at radius 2 is 2.44 bits per heavy atom. The number of aromatic nitrogens is 3. The summed E-state index contributed by atoms with van der Waals surface area (Å²) in [6.45, 7) is 5.72. The highest BCUT2D eigenvalue weighted by atomic mass is 16.5. The van der Waals surface area contributed by atoms with Gasteiger partial charge in [0.2, 0.25) is 5.91 Å². The maximum atomic E-state index is 12.1. The fourth-order valence-corrected chi connectivity index (χ4v) is 1.81. The number of hydrogen-bond acceptors (Lipinski definition) is 4. The molecule has 1 aromatic rings. The van der Waals surface area contributed by atoms with E-state index in [0.29, 0.717) is 19.7 Å². The van der Waals surface area contributed by atoms with E-state index in [0.717, 1.165) is 0 Å². The molecule has 0 saturated carbocycles. The molecule has 1 saturated heterocycles.